The SMILES string of the molecule is Cc1ccc(Cl)c2sc(N(CCN3CCOCC3)C(=O)COc3ccccc3F)nc12.Cl. The van der Waals surface area contributed by atoms with Gasteiger partial charge >= 0.3 is 0 Å². The fourth-order valence-electron chi connectivity index (χ4n) is 3.38. The summed E-state index contributed by atoms with van der Waals surface area (Å²) in [7, 11) is 0. The average Bonchev–Trinajstić information content (AvgIpc) is 3.23. The number of aryl methyl sites for hydroxylation is 1. The molecule has 3 aromatic rings. The van der Waals surface area contributed by atoms with E-state index in [9.17, 15) is 9.18 Å². The number of hydrogen-bond donors (Lipinski definition) is 0. The van der Waals surface area contributed by atoms with E-state index in [4.69, 9.17) is 26.1 Å². The molecule has 1 aliphatic heterocycles. The monoisotopic (exact) mass is 499 g/mol. The standard InChI is InChI=1S/C22H23ClFN3O3S.ClH/c1-15-6-7-16(23)21-20(15)25-22(31-21)27(9-8-26-10-12-29-13-11-26)19(28)14-30-18-5-3-2-4-17(18)24;/h2-7H,8-14H2,1H3;1H. The van der Waals surface area contributed by atoms with Crippen LogP contribution in [0.15, 0.2) is 36.4 Å². The smallest absolute Gasteiger partial charge is 0.266 e. The number of halogens is 3. The lowest BCUT2D eigenvalue weighted by Crippen LogP contribution is -2.44. The van der Waals surface area contributed by atoms with E-state index in [0.717, 1.165) is 28.9 Å². The van der Waals surface area contributed by atoms with Gasteiger partial charge in [0.2, 0.25) is 0 Å². The Bertz CT molecular complexity index is 1040. The van der Waals surface area contributed by atoms with Crippen LogP contribution < -0.4 is 9.64 Å². The highest BCUT2D eigenvalue weighted by atomic mass is 35.5. The lowest BCUT2D eigenvalue weighted by Gasteiger charge is -2.29. The Hall–Kier alpha value is -1.97. The summed E-state index contributed by atoms with van der Waals surface area (Å²) in [6.07, 6.45) is 0. The van der Waals surface area contributed by atoms with Crippen molar-refractivity contribution in [1.82, 2.24) is 9.88 Å². The molecule has 1 fully saturated rings. The second-order valence-corrected chi connectivity index (χ2v) is 8.64. The van der Waals surface area contributed by atoms with Crippen molar-refractivity contribution in [2.24, 2.45) is 0 Å². The van der Waals surface area contributed by atoms with E-state index in [0.29, 0.717) is 36.5 Å². The molecule has 172 valence electrons. The highest BCUT2D eigenvalue weighted by Gasteiger charge is 2.23. The van der Waals surface area contributed by atoms with Gasteiger partial charge in [0, 0.05) is 26.2 Å². The minimum atomic E-state index is -0.502. The highest BCUT2D eigenvalue weighted by Crippen LogP contribution is 2.35. The third kappa shape index (κ3) is 5.68. The summed E-state index contributed by atoms with van der Waals surface area (Å²) in [5.74, 6) is -0.742. The summed E-state index contributed by atoms with van der Waals surface area (Å²) in [6.45, 7) is 5.79. The Balaban J connectivity index is 0.00000289. The van der Waals surface area contributed by atoms with Crippen LogP contribution in [-0.2, 0) is 9.53 Å². The first kappa shape index (κ1) is 24.7. The second kappa shape index (κ2) is 11.2. The number of ether oxygens (including phenoxy) is 2. The number of hydrogen-bond acceptors (Lipinski definition) is 6. The third-order valence-corrected chi connectivity index (χ3v) is 6.69. The zero-order valence-corrected chi connectivity index (χ0v) is 19.9. The number of amides is 1. The predicted molar refractivity (Wildman–Crippen MR) is 128 cm³/mol. The van der Waals surface area contributed by atoms with Crippen molar-refractivity contribution in [3.05, 3.63) is 52.8 Å². The van der Waals surface area contributed by atoms with Gasteiger partial charge in [-0.2, -0.15) is 0 Å². The quantitative estimate of drug-likeness (QED) is 0.476. The molecule has 32 heavy (non-hydrogen) atoms. The van der Waals surface area contributed by atoms with Gasteiger partial charge < -0.3 is 9.47 Å². The Labute approximate surface area is 201 Å². The molecule has 1 aromatic heterocycles. The van der Waals surface area contributed by atoms with E-state index >= 15 is 0 Å². The summed E-state index contributed by atoms with van der Waals surface area (Å²) in [5, 5.41) is 1.16. The van der Waals surface area contributed by atoms with Crippen LogP contribution in [0.2, 0.25) is 5.02 Å². The van der Waals surface area contributed by atoms with Crippen molar-refractivity contribution in [1.29, 1.82) is 0 Å². The first-order valence-electron chi connectivity index (χ1n) is 10.1. The van der Waals surface area contributed by atoms with Gasteiger partial charge in [-0.25, -0.2) is 9.37 Å². The number of benzene rings is 2. The minimum Gasteiger partial charge on any atom is -0.481 e. The molecule has 0 radical (unpaired) electrons. The fraction of sp³-hybridized carbons (Fsp3) is 0.364. The zero-order valence-electron chi connectivity index (χ0n) is 17.6. The van der Waals surface area contributed by atoms with Crippen molar-refractivity contribution >= 4 is 56.6 Å². The number of thiazole rings is 1. The van der Waals surface area contributed by atoms with E-state index < -0.39 is 5.82 Å². The molecule has 0 unspecified atom stereocenters. The molecular formula is C22H24Cl2FN3O3S. The maximum absolute atomic E-state index is 13.9. The molecule has 6 nitrogen and oxygen atoms in total. The number of aromatic nitrogens is 1. The Morgan fingerprint density at radius 2 is 2.03 bits per heavy atom. The fourth-order valence-corrected chi connectivity index (χ4v) is 4.74. The van der Waals surface area contributed by atoms with E-state index in [1.807, 2.05) is 19.1 Å². The van der Waals surface area contributed by atoms with Gasteiger partial charge in [-0.05, 0) is 30.7 Å². The molecule has 0 saturated carbocycles. The van der Waals surface area contributed by atoms with Crippen LogP contribution in [0.4, 0.5) is 9.52 Å². The molecule has 1 aliphatic rings. The van der Waals surface area contributed by atoms with Crippen LogP contribution in [0.3, 0.4) is 0 Å². The number of morpholine rings is 1. The number of para-hydroxylation sites is 1. The van der Waals surface area contributed by atoms with E-state index in [-0.39, 0.29) is 30.7 Å². The molecule has 2 aromatic carbocycles. The molecule has 0 bridgehead atoms. The molecular weight excluding hydrogens is 476 g/mol. The number of fused-ring (bicyclic) bond motifs is 1. The van der Waals surface area contributed by atoms with E-state index in [1.54, 1.807) is 17.0 Å². The second-order valence-electron chi connectivity index (χ2n) is 7.26. The molecule has 2 heterocycles. The van der Waals surface area contributed by atoms with Gasteiger partial charge in [-0.3, -0.25) is 14.6 Å². The van der Waals surface area contributed by atoms with Gasteiger partial charge in [-0.15, -0.1) is 12.4 Å². The maximum atomic E-state index is 13.9. The molecule has 0 N–H and O–H groups in total. The zero-order chi connectivity index (χ0) is 21.8. The van der Waals surface area contributed by atoms with E-state index in [2.05, 4.69) is 4.90 Å². The summed E-state index contributed by atoms with van der Waals surface area (Å²) in [6, 6.07) is 9.79. The van der Waals surface area contributed by atoms with Crippen molar-refractivity contribution < 1.29 is 18.7 Å². The Morgan fingerprint density at radius 1 is 1.28 bits per heavy atom. The molecule has 1 saturated heterocycles. The third-order valence-electron chi connectivity index (χ3n) is 5.15. The van der Waals surface area contributed by atoms with Crippen molar-refractivity contribution in [2.75, 3.05) is 50.9 Å². The van der Waals surface area contributed by atoms with Crippen molar-refractivity contribution in [2.45, 2.75) is 6.92 Å². The van der Waals surface area contributed by atoms with Crippen molar-refractivity contribution in [3.8, 4) is 5.75 Å². The van der Waals surface area contributed by atoms with Crippen LogP contribution in [0.5, 0.6) is 5.75 Å². The molecule has 0 aliphatic carbocycles. The first-order chi connectivity index (χ1) is 15.0. The predicted octanol–water partition coefficient (Wildman–Crippen LogP) is 4.56. The van der Waals surface area contributed by atoms with E-state index in [1.165, 1.54) is 23.5 Å². The van der Waals surface area contributed by atoms with Gasteiger partial charge in [0.15, 0.2) is 23.3 Å². The molecule has 10 heteroatoms. The Morgan fingerprint density at radius 3 is 2.75 bits per heavy atom. The van der Waals surface area contributed by atoms with Crippen LogP contribution in [0.25, 0.3) is 10.2 Å². The minimum absolute atomic E-state index is 0. The molecule has 0 atom stereocenters. The summed E-state index contributed by atoms with van der Waals surface area (Å²) < 4.78 is 25.6. The topological polar surface area (TPSA) is 54.9 Å². The van der Waals surface area contributed by atoms with Gasteiger partial charge in [-0.1, -0.05) is 41.1 Å². The molecule has 4 rings (SSSR count). The molecule has 0 spiro atoms. The first-order valence-corrected chi connectivity index (χ1v) is 11.3. The van der Waals surface area contributed by atoms with Crippen LogP contribution >= 0.6 is 35.3 Å². The average molecular weight is 500 g/mol. The van der Waals surface area contributed by atoms with Crippen LogP contribution in [0, 0.1) is 12.7 Å². The van der Waals surface area contributed by atoms with Crippen molar-refractivity contribution in [3.63, 3.8) is 0 Å². The number of nitrogens with zero attached hydrogens (tertiary/aromatic N) is 3. The number of carbonyl (C=O) groups excluding carboxylic acids is 1. The maximum Gasteiger partial charge on any atom is 0.266 e. The number of carbonyl (C=O) groups is 1. The normalized spacial score (nSPS) is 14.2. The van der Waals surface area contributed by atoms with Gasteiger partial charge in [0.05, 0.1) is 28.5 Å². The summed E-state index contributed by atoms with van der Waals surface area (Å²) >= 11 is 7.74. The summed E-state index contributed by atoms with van der Waals surface area (Å²) in [5.41, 5.74) is 1.77. The molecule has 1 amide bonds. The lowest BCUT2D eigenvalue weighted by atomic mass is 10.2. The number of rotatable bonds is 7. The van der Waals surface area contributed by atoms with Crippen LogP contribution in [-0.4, -0.2) is 61.8 Å². The highest BCUT2D eigenvalue weighted by molar-refractivity contribution is 7.23. The van der Waals surface area contributed by atoms with Gasteiger partial charge in [0.25, 0.3) is 5.91 Å². The number of anilines is 1. The largest absolute Gasteiger partial charge is 0.481 e. The Kier molecular flexibility index (Phi) is 8.67. The summed E-state index contributed by atoms with van der Waals surface area (Å²) in [4.78, 5) is 21.7. The van der Waals surface area contributed by atoms with Gasteiger partial charge in [0.1, 0.15) is 0 Å². The van der Waals surface area contributed by atoms with Crippen LogP contribution in [0.1, 0.15) is 5.56 Å². The lowest BCUT2D eigenvalue weighted by molar-refractivity contribution is -0.120.